The molecule has 4 aromatic rings. The Morgan fingerprint density at radius 1 is 0.935 bits per heavy atom. The second-order valence-electron chi connectivity index (χ2n) is 7.87. The molecular formula is C26H22N2O3. The standard InChI is InChI=1S/C26H22N2O3/c1-16-6-5-8-21-17(2)24(31-23(16)21)25(29)27-20-12-10-19(11-13-20)26(30)28-15-14-18-7-3-4-9-22(18)28/h3-13H,14-15H2,1-2H3,(H,27,29). The van der Waals surface area contributed by atoms with Crippen molar-refractivity contribution in [3.8, 4) is 0 Å². The number of hydrogen-bond acceptors (Lipinski definition) is 3. The topological polar surface area (TPSA) is 62.6 Å². The Kier molecular flexibility index (Phi) is 4.59. The molecule has 2 heterocycles. The van der Waals surface area contributed by atoms with Crippen molar-refractivity contribution in [2.24, 2.45) is 0 Å². The fraction of sp³-hybridized carbons (Fsp3) is 0.154. The first-order valence-corrected chi connectivity index (χ1v) is 10.3. The highest BCUT2D eigenvalue weighted by molar-refractivity contribution is 6.09. The molecule has 0 radical (unpaired) electrons. The van der Waals surface area contributed by atoms with Crippen LogP contribution in [0.3, 0.4) is 0 Å². The number of aryl methyl sites for hydroxylation is 2. The number of carbonyl (C=O) groups excluding carboxylic acids is 2. The molecule has 154 valence electrons. The number of nitrogens with zero attached hydrogens (tertiary/aromatic N) is 1. The van der Waals surface area contributed by atoms with Crippen molar-refractivity contribution in [3.63, 3.8) is 0 Å². The lowest BCUT2D eigenvalue weighted by Gasteiger charge is -2.17. The zero-order valence-electron chi connectivity index (χ0n) is 17.4. The summed E-state index contributed by atoms with van der Waals surface area (Å²) >= 11 is 0. The van der Waals surface area contributed by atoms with Gasteiger partial charge in [-0.15, -0.1) is 0 Å². The number of nitrogens with one attached hydrogen (secondary N) is 1. The van der Waals surface area contributed by atoms with Gasteiger partial charge in [-0.1, -0.05) is 36.4 Å². The molecule has 5 rings (SSSR count). The number of benzene rings is 3. The summed E-state index contributed by atoms with van der Waals surface area (Å²) in [6, 6.07) is 20.8. The Balaban J connectivity index is 1.34. The van der Waals surface area contributed by atoms with Crippen molar-refractivity contribution in [1.29, 1.82) is 0 Å². The number of rotatable bonds is 3. The predicted octanol–water partition coefficient (Wildman–Crippen LogP) is 5.50. The van der Waals surface area contributed by atoms with Crippen LogP contribution < -0.4 is 10.2 Å². The number of hydrogen-bond donors (Lipinski definition) is 1. The molecular weight excluding hydrogens is 388 g/mol. The third-order valence-corrected chi connectivity index (χ3v) is 5.89. The highest BCUT2D eigenvalue weighted by Crippen LogP contribution is 2.30. The molecule has 0 atom stereocenters. The number of amides is 2. The van der Waals surface area contributed by atoms with Crippen LogP contribution in [0.25, 0.3) is 11.0 Å². The van der Waals surface area contributed by atoms with E-state index in [0.29, 0.717) is 23.6 Å². The summed E-state index contributed by atoms with van der Waals surface area (Å²) < 4.78 is 5.85. The maximum absolute atomic E-state index is 13.0. The van der Waals surface area contributed by atoms with Crippen molar-refractivity contribution in [2.75, 3.05) is 16.8 Å². The highest BCUT2D eigenvalue weighted by atomic mass is 16.3. The molecule has 0 bridgehead atoms. The Bertz CT molecular complexity index is 1320. The first-order chi connectivity index (χ1) is 15.0. The minimum Gasteiger partial charge on any atom is -0.450 e. The first-order valence-electron chi connectivity index (χ1n) is 10.3. The van der Waals surface area contributed by atoms with Gasteiger partial charge in [0.15, 0.2) is 5.76 Å². The molecule has 5 nitrogen and oxygen atoms in total. The monoisotopic (exact) mass is 410 g/mol. The Morgan fingerprint density at radius 2 is 1.71 bits per heavy atom. The smallest absolute Gasteiger partial charge is 0.291 e. The fourth-order valence-electron chi connectivity index (χ4n) is 4.19. The molecule has 1 aliphatic rings. The molecule has 3 aromatic carbocycles. The molecule has 2 amide bonds. The van der Waals surface area contributed by atoms with Gasteiger partial charge >= 0.3 is 0 Å². The minimum atomic E-state index is -0.305. The SMILES string of the molecule is Cc1c(C(=O)Nc2ccc(C(=O)N3CCc4ccccc43)cc2)oc2c(C)cccc12. The van der Waals surface area contributed by atoms with Gasteiger partial charge in [-0.05, 0) is 61.7 Å². The normalized spacial score (nSPS) is 12.8. The van der Waals surface area contributed by atoms with Crippen molar-refractivity contribution in [1.82, 2.24) is 0 Å². The molecule has 1 N–H and O–H groups in total. The first kappa shape index (κ1) is 19.1. The van der Waals surface area contributed by atoms with E-state index in [1.165, 1.54) is 5.56 Å². The van der Waals surface area contributed by atoms with Crippen LogP contribution in [0, 0.1) is 13.8 Å². The lowest BCUT2D eigenvalue weighted by atomic mass is 10.1. The second-order valence-corrected chi connectivity index (χ2v) is 7.87. The van der Waals surface area contributed by atoms with Crippen LogP contribution in [0.5, 0.6) is 0 Å². The van der Waals surface area contributed by atoms with Crippen LogP contribution in [-0.2, 0) is 6.42 Å². The van der Waals surface area contributed by atoms with E-state index in [-0.39, 0.29) is 11.8 Å². The van der Waals surface area contributed by atoms with Crippen LogP contribution in [-0.4, -0.2) is 18.4 Å². The molecule has 0 unspecified atom stereocenters. The van der Waals surface area contributed by atoms with Crippen LogP contribution >= 0.6 is 0 Å². The molecule has 0 spiro atoms. The summed E-state index contributed by atoms with van der Waals surface area (Å²) in [5, 5.41) is 3.81. The van der Waals surface area contributed by atoms with Gasteiger partial charge in [0.1, 0.15) is 5.58 Å². The average Bonchev–Trinajstić information content (AvgIpc) is 3.36. The van der Waals surface area contributed by atoms with E-state index in [1.54, 1.807) is 24.3 Å². The van der Waals surface area contributed by atoms with E-state index in [4.69, 9.17) is 4.42 Å². The van der Waals surface area contributed by atoms with E-state index < -0.39 is 0 Å². The average molecular weight is 410 g/mol. The fourth-order valence-corrected chi connectivity index (χ4v) is 4.19. The summed E-state index contributed by atoms with van der Waals surface area (Å²) in [5.41, 5.74) is 5.90. The number of carbonyl (C=O) groups is 2. The molecule has 31 heavy (non-hydrogen) atoms. The van der Waals surface area contributed by atoms with E-state index in [1.807, 2.05) is 55.1 Å². The van der Waals surface area contributed by atoms with E-state index in [0.717, 1.165) is 34.2 Å². The van der Waals surface area contributed by atoms with Crippen molar-refractivity contribution in [2.45, 2.75) is 20.3 Å². The lowest BCUT2D eigenvalue weighted by molar-refractivity contribution is 0.0986. The largest absolute Gasteiger partial charge is 0.450 e. The zero-order chi connectivity index (χ0) is 21.5. The highest BCUT2D eigenvalue weighted by Gasteiger charge is 2.25. The Morgan fingerprint density at radius 3 is 2.48 bits per heavy atom. The van der Waals surface area contributed by atoms with Crippen molar-refractivity contribution >= 4 is 34.2 Å². The van der Waals surface area contributed by atoms with Gasteiger partial charge in [-0.25, -0.2) is 0 Å². The third kappa shape index (κ3) is 3.28. The van der Waals surface area contributed by atoms with E-state index in [2.05, 4.69) is 11.4 Å². The summed E-state index contributed by atoms with van der Waals surface area (Å²) in [7, 11) is 0. The molecule has 0 fully saturated rings. The molecule has 1 aliphatic heterocycles. The molecule has 1 aromatic heterocycles. The van der Waals surface area contributed by atoms with Gasteiger partial charge in [0, 0.05) is 34.4 Å². The van der Waals surface area contributed by atoms with Gasteiger partial charge in [0.05, 0.1) is 0 Å². The van der Waals surface area contributed by atoms with Gasteiger partial charge in [0.2, 0.25) is 0 Å². The summed E-state index contributed by atoms with van der Waals surface area (Å²) in [4.78, 5) is 27.6. The third-order valence-electron chi connectivity index (χ3n) is 5.89. The van der Waals surface area contributed by atoms with Gasteiger partial charge in [-0.2, -0.15) is 0 Å². The summed E-state index contributed by atoms with van der Waals surface area (Å²) in [6.07, 6.45) is 0.867. The number of anilines is 2. The van der Waals surface area contributed by atoms with Crippen molar-refractivity contribution < 1.29 is 14.0 Å². The molecule has 0 aliphatic carbocycles. The zero-order valence-corrected chi connectivity index (χ0v) is 17.4. The minimum absolute atomic E-state index is 0.0357. The quantitative estimate of drug-likeness (QED) is 0.485. The second kappa shape index (κ2) is 7.43. The van der Waals surface area contributed by atoms with Crippen LogP contribution in [0.1, 0.15) is 37.6 Å². The Labute approximate surface area is 180 Å². The molecule has 5 heteroatoms. The molecule has 0 saturated carbocycles. The van der Waals surface area contributed by atoms with Crippen LogP contribution in [0.15, 0.2) is 71.1 Å². The van der Waals surface area contributed by atoms with Gasteiger partial charge in [0.25, 0.3) is 11.8 Å². The number of para-hydroxylation sites is 2. The molecule has 0 saturated heterocycles. The van der Waals surface area contributed by atoms with E-state index in [9.17, 15) is 9.59 Å². The summed E-state index contributed by atoms with van der Waals surface area (Å²) in [5.74, 6) is -0.0368. The summed E-state index contributed by atoms with van der Waals surface area (Å²) in [6.45, 7) is 4.53. The van der Waals surface area contributed by atoms with Gasteiger partial charge < -0.3 is 14.6 Å². The maximum atomic E-state index is 13.0. The predicted molar refractivity (Wildman–Crippen MR) is 122 cm³/mol. The van der Waals surface area contributed by atoms with Gasteiger partial charge in [-0.3, -0.25) is 9.59 Å². The Hall–Kier alpha value is -3.86. The number of furan rings is 1. The lowest BCUT2D eigenvalue weighted by Crippen LogP contribution is -2.28. The van der Waals surface area contributed by atoms with Crippen molar-refractivity contribution in [3.05, 3.63) is 94.7 Å². The van der Waals surface area contributed by atoms with Crippen LogP contribution in [0.4, 0.5) is 11.4 Å². The van der Waals surface area contributed by atoms with E-state index >= 15 is 0 Å². The number of fused-ring (bicyclic) bond motifs is 2. The van der Waals surface area contributed by atoms with Crippen LogP contribution in [0.2, 0.25) is 0 Å². The maximum Gasteiger partial charge on any atom is 0.291 e.